The molecule has 0 fully saturated rings. The third-order valence-corrected chi connectivity index (χ3v) is 2.65. The molecular weight excluding hydrogens is 214 g/mol. The van der Waals surface area contributed by atoms with Crippen LogP contribution >= 0.6 is 0 Å². The number of fused-ring (bicyclic) bond motifs is 1. The van der Waals surface area contributed by atoms with Gasteiger partial charge in [-0.05, 0) is 30.5 Å². The van der Waals surface area contributed by atoms with Crippen LogP contribution in [0.5, 0.6) is 5.75 Å². The molecule has 2 rings (SSSR count). The highest BCUT2D eigenvalue weighted by Crippen LogP contribution is 2.26. The zero-order chi connectivity index (χ0) is 12.4. The van der Waals surface area contributed by atoms with E-state index in [2.05, 4.69) is 4.98 Å². The Labute approximate surface area is 101 Å². The van der Waals surface area contributed by atoms with Gasteiger partial charge in [0.05, 0.1) is 0 Å². The van der Waals surface area contributed by atoms with Gasteiger partial charge in [0, 0.05) is 31.2 Å². The van der Waals surface area contributed by atoms with E-state index < -0.39 is 0 Å². The van der Waals surface area contributed by atoms with Crippen LogP contribution in [0.15, 0.2) is 30.5 Å². The molecule has 0 saturated carbocycles. The quantitative estimate of drug-likeness (QED) is 0.844. The normalized spacial score (nSPS) is 12.6. The van der Waals surface area contributed by atoms with Crippen molar-refractivity contribution in [1.29, 1.82) is 0 Å². The molecule has 0 bridgehead atoms. The fourth-order valence-electron chi connectivity index (χ4n) is 1.96. The lowest BCUT2D eigenvalue weighted by molar-refractivity contribution is 0.476. The molecule has 90 valence electrons. The Kier molecular flexibility index (Phi) is 3.15. The van der Waals surface area contributed by atoms with Crippen molar-refractivity contribution in [1.82, 2.24) is 4.98 Å². The number of aromatic nitrogens is 1. The molecule has 17 heavy (non-hydrogen) atoms. The van der Waals surface area contributed by atoms with Crippen molar-refractivity contribution in [3.8, 4) is 5.75 Å². The summed E-state index contributed by atoms with van der Waals surface area (Å²) in [5, 5.41) is 11.5. The molecule has 0 radical (unpaired) electrons. The second kappa shape index (κ2) is 4.59. The average molecular weight is 231 g/mol. The van der Waals surface area contributed by atoms with E-state index in [0.29, 0.717) is 0 Å². The van der Waals surface area contributed by atoms with Gasteiger partial charge in [0.2, 0.25) is 0 Å². The number of pyridine rings is 1. The number of benzene rings is 1. The summed E-state index contributed by atoms with van der Waals surface area (Å²) in [6, 6.07) is 7.30. The van der Waals surface area contributed by atoms with Crippen LogP contribution in [0.3, 0.4) is 0 Å². The zero-order valence-corrected chi connectivity index (χ0v) is 10.1. The van der Waals surface area contributed by atoms with Crippen LogP contribution in [0.25, 0.3) is 10.8 Å². The van der Waals surface area contributed by atoms with E-state index in [1.165, 1.54) is 0 Å². The van der Waals surface area contributed by atoms with Gasteiger partial charge in [0.25, 0.3) is 0 Å². The number of hydrogen-bond acceptors (Lipinski definition) is 4. The summed E-state index contributed by atoms with van der Waals surface area (Å²) in [5.41, 5.74) is 5.79. The second-order valence-electron chi connectivity index (χ2n) is 4.40. The summed E-state index contributed by atoms with van der Waals surface area (Å²) >= 11 is 0. The third kappa shape index (κ3) is 2.47. The average Bonchev–Trinajstić information content (AvgIpc) is 2.27. The van der Waals surface area contributed by atoms with Crippen molar-refractivity contribution < 1.29 is 5.11 Å². The monoisotopic (exact) mass is 231 g/mol. The minimum Gasteiger partial charge on any atom is -0.508 e. The van der Waals surface area contributed by atoms with Crippen LogP contribution < -0.4 is 10.6 Å². The second-order valence-corrected chi connectivity index (χ2v) is 4.40. The Balaban J connectivity index is 2.49. The van der Waals surface area contributed by atoms with Crippen molar-refractivity contribution in [2.75, 3.05) is 18.5 Å². The van der Waals surface area contributed by atoms with E-state index in [0.717, 1.165) is 23.1 Å². The van der Waals surface area contributed by atoms with E-state index in [4.69, 9.17) is 5.73 Å². The van der Waals surface area contributed by atoms with Gasteiger partial charge in [-0.1, -0.05) is 6.07 Å². The molecule has 2 aromatic rings. The van der Waals surface area contributed by atoms with E-state index in [1.807, 2.05) is 31.0 Å². The Morgan fingerprint density at radius 1 is 1.41 bits per heavy atom. The number of likely N-dealkylation sites (N-methyl/N-ethyl adjacent to an activating group) is 1. The van der Waals surface area contributed by atoms with Crippen molar-refractivity contribution in [3.05, 3.63) is 30.5 Å². The van der Waals surface area contributed by atoms with Crippen molar-refractivity contribution >= 4 is 16.6 Å². The standard InChI is InChI=1S/C13H17N3O/c1-9(14)8-16(2)13-12-7-11(17)4-3-10(12)5-6-15-13/h3-7,9,17H,8,14H2,1-2H3. The predicted octanol–water partition coefficient (Wildman–Crippen LogP) is 1.72. The highest BCUT2D eigenvalue weighted by atomic mass is 16.3. The molecule has 4 heteroatoms. The maximum absolute atomic E-state index is 9.55. The van der Waals surface area contributed by atoms with Crippen LogP contribution in [-0.2, 0) is 0 Å². The first-order valence-corrected chi connectivity index (χ1v) is 5.62. The first-order valence-electron chi connectivity index (χ1n) is 5.62. The Hall–Kier alpha value is -1.81. The van der Waals surface area contributed by atoms with Crippen LogP contribution in [-0.4, -0.2) is 29.7 Å². The molecule has 1 aromatic heterocycles. The number of anilines is 1. The van der Waals surface area contributed by atoms with E-state index in [9.17, 15) is 5.11 Å². The molecule has 3 N–H and O–H groups in total. The Morgan fingerprint density at radius 3 is 2.88 bits per heavy atom. The third-order valence-electron chi connectivity index (χ3n) is 2.65. The minimum atomic E-state index is 0.0781. The smallest absolute Gasteiger partial charge is 0.136 e. The molecule has 4 nitrogen and oxygen atoms in total. The van der Waals surface area contributed by atoms with E-state index in [-0.39, 0.29) is 11.8 Å². The number of nitrogens with two attached hydrogens (primary N) is 1. The summed E-state index contributed by atoms with van der Waals surface area (Å²) in [7, 11) is 1.95. The summed E-state index contributed by atoms with van der Waals surface area (Å²) in [4.78, 5) is 6.37. The number of nitrogens with zero attached hydrogens (tertiary/aromatic N) is 2. The maximum atomic E-state index is 9.55. The highest BCUT2D eigenvalue weighted by molar-refractivity contribution is 5.93. The van der Waals surface area contributed by atoms with Crippen LogP contribution in [0.2, 0.25) is 0 Å². The van der Waals surface area contributed by atoms with Gasteiger partial charge < -0.3 is 15.7 Å². The van der Waals surface area contributed by atoms with Crippen LogP contribution in [0, 0.1) is 0 Å². The lowest BCUT2D eigenvalue weighted by atomic mass is 10.1. The summed E-state index contributed by atoms with van der Waals surface area (Å²) in [5.74, 6) is 1.09. The lowest BCUT2D eigenvalue weighted by Crippen LogP contribution is -2.33. The molecule has 0 aliphatic carbocycles. The molecule has 0 saturated heterocycles. The van der Waals surface area contributed by atoms with Gasteiger partial charge in [0.1, 0.15) is 11.6 Å². The van der Waals surface area contributed by atoms with E-state index in [1.54, 1.807) is 18.3 Å². The van der Waals surface area contributed by atoms with Gasteiger partial charge in [-0.25, -0.2) is 4.98 Å². The van der Waals surface area contributed by atoms with Gasteiger partial charge in [-0.3, -0.25) is 0 Å². The molecule has 0 aliphatic rings. The van der Waals surface area contributed by atoms with Gasteiger partial charge >= 0.3 is 0 Å². The van der Waals surface area contributed by atoms with Crippen LogP contribution in [0.1, 0.15) is 6.92 Å². The predicted molar refractivity (Wildman–Crippen MR) is 70.3 cm³/mol. The summed E-state index contributed by atoms with van der Waals surface area (Å²) < 4.78 is 0. The lowest BCUT2D eigenvalue weighted by Gasteiger charge is -2.21. The molecule has 1 unspecified atom stereocenters. The zero-order valence-electron chi connectivity index (χ0n) is 10.1. The molecular formula is C13H17N3O. The molecule has 1 atom stereocenters. The van der Waals surface area contributed by atoms with Crippen molar-refractivity contribution in [2.45, 2.75) is 13.0 Å². The Morgan fingerprint density at radius 2 is 2.18 bits per heavy atom. The van der Waals surface area contributed by atoms with Crippen molar-refractivity contribution in [3.63, 3.8) is 0 Å². The minimum absolute atomic E-state index is 0.0781. The fraction of sp³-hybridized carbons (Fsp3) is 0.308. The number of rotatable bonds is 3. The molecule has 1 heterocycles. The maximum Gasteiger partial charge on any atom is 0.136 e. The summed E-state index contributed by atoms with van der Waals surface area (Å²) in [6.07, 6.45) is 1.77. The van der Waals surface area contributed by atoms with Crippen LogP contribution in [0.4, 0.5) is 5.82 Å². The van der Waals surface area contributed by atoms with Gasteiger partial charge in [-0.2, -0.15) is 0 Å². The first-order chi connectivity index (χ1) is 8.08. The first kappa shape index (κ1) is 11.7. The van der Waals surface area contributed by atoms with Crippen molar-refractivity contribution in [2.24, 2.45) is 5.73 Å². The Bertz CT molecular complexity index is 525. The van der Waals surface area contributed by atoms with Gasteiger partial charge in [0.15, 0.2) is 0 Å². The molecule has 1 aromatic carbocycles. The molecule has 0 aliphatic heterocycles. The SMILES string of the molecule is CC(N)CN(C)c1nccc2ccc(O)cc12. The molecule has 0 spiro atoms. The topological polar surface area (TPSA) is 62.4 Å². The molecule has 0 amide bonds. The van der Waals surface area contributed by atoms with Gasteiger partial charge in [-0.15, -0.1) is 0 Å². The van der Waals surface area contributed by atoms with E-state index >= 15 is 0 Å². The summed E-state index contributed by atoms with van der Waals surface area (Å²) in [6.45, 7) is 2.68. The number of phenolic OH excluding ortho intramolecular Hbond substituents is 1. The number of phenols is 1. The number of aromatic hydroxyl groups is 1. The largest absolute Gasteiger partial charge is 0.508 e. The number of hydrogen-bond donors (Lipinski definition) is 2. The highest BCUT2D eigenvalue weighted by Gasteiger charge is 2.09. The fourth-order valence-corrected chi connectivity index (χ4v) is 1.96.